The molecule has 4 heteroatoms. The van der Waals surface area contributed by atoms with Gasteiger partial charge in [-0.1, -0.05) is 62.3 Å². The molecule has 0 spiro atoms. The lowest BCUT2D eigenvalue weighted by atomic mass is 9.95. The summed E-state index contributed by atoms with van der Waals surface area (Å²) >= 11 is 0. The van der Waals surface area contributed by atoms with Crippen LogP contribution in [0.4, 0.5) is 0 Å². The van der Waals surface area contributed by atoms with E-state index in [4.69, 9.17) is 17.0 Å². The predicted molar refractivity (Wildman–Crippen MR) is 112 cm³/mol. The normalized spacial score (nSPS) is 24.3. The van der Waals surface area contributed by atoms with Crippen LogP contribution in [-0.2, 0) is 9.16 Å². The quantitative estimate of drug-likeness (QED) is 0.554. The number of ether oxygens (including phenoxy) is 1. The van der Waals surface area contributed by atoms with Crippen molar-refractivity contribution in [3.63, 3.8) is 0 Å². The molecule has 1 aliphatic heterocycles. The van der Waals surface area contributed by atoms with E-state index in [0.29, 0.717) is 11.3 Å². The maximum Gasteiger partial charge on any atom is 0.184 e. The van der Waals surface area contributed by atoms with Crippen molar-refractivity contribution in [2.24, 2.45) is 17.3 Å². The van der Waals surface area contributed by atoms with Gasteiger partial charge in [0.15, 0.2) is 8.32 Å². The van der Waals surface area contributed by atoms with Gasteiger partial charge in [0.05, 0.1) is 12.2 Å². The molecule has 0 bridgehead atoms. The van der Waals surface area contributed by atoms with Crippen LogP contribution in [0, 0.1) is 17.3 Å². The molecule has 0 saturated carbocycles. The van der Waals surface area contributed by atoms with Crippen molar-refractivity contribution in [3.8, 4) is 0 Å². The fourth-order valence-corrected chi connectivity index (χ4v) is 3.15. The van der Waals surface area contributed by atoms with Crippen LogP contribution in [-0.4, -0.2) is 34.4 Å². The van der Waals surface area contributed by atoms with Gasteiger partial charge in [-0.3, -0.25) is 0 Å². The highest BCUT2D eigenvalue weighted by Crippen LogP contribution is 2.28. The molecule has 2 radical (unpaired) electrons. The topological polar surface area (TPSA) is 18.5 Å². The maximum atomic E-state index is 6.12. The largest absolute Gasteiger partial charge is 0.412 e. The molecule has 1 saturated heterocycles. The molecule has 1 heterocycles. The third-order valence-electron chi connectivity index (χ3n) is 2.44. The highest BCUT2D eigenvalue weighted by molar-refractivity contribution is 6.69. The Morgan fingerprint density at radius 1 is 1.04 bits per heavy atom. The fraction of sp³-hybridized carbons (Fsp3) is 1.00. The lowest BCUT2D eigenvalue weighted by molar-refractivity contribution is 0.0260. The van der Waals surface area contributed by atoms with E-state index >= 15 is 0 Å². The van der Waals surface area contributed by atoms with Gasteiger partial charge in [0.25, 0.3) is 0 Å². The van der Waals surface area contributed by atoms with E-state index in [2.05, 4.69) is 82.0 Å². The van der Waals surface area contributed by atoms with Crippen LogP contribution in [0.3, 0.4) is 0 Å². The maximum absolute atomic E-state index is 6.12. The lowest BCUT2D eigenvalue weighted by Crippen LogP contribution is -2.37. The highest BCUT2D eigenvalue weighted by Gasteiger charge is 2.36. The van der Waals surface area contributed by atoms with Crippen molar-refractivity contribution < 1.29 is 9.16 Å². The number of hydrogen-bond donors (Lipinski definition) is 0. The molecular weight excluding hydrogens is 311 g/mol. The Labute approximate surface area is 156 Å². The first kappa shape index (κ1) is 26.4. The molecule has 2 nitrogen and oxygen atoms in total. The van der Waals surface area contributed by atoms with Crippen LogP contribution in [0.1, 0.15) is 75.2 Å². The molecule has 0 aliphatic carbocycles. The monoisotopic (exact) mass is 356 g/mol. The van der Waals surface area contributed by atoms with Crippen LogP contribution < -0.4 is 0 Å². The number of hydrogen-bond acceptors (Lipinski definition) is 2. The summed E-state index contributed by atoms with van der Waals surface area (Å²) in [6.07, 6.45) is 2.31. The van der Waals surface area contributed by atoms with Crippen LogP contribution in [0.15, 0.2) is 0 Å². The third-order valence-corrected chi connectivity index (χ3v) is 3.45. The van der Waals surface area contributed by atoms with Gasteiger partial charge < -0.3 is 9.16 Å². The van der Waals surface area contributed by atoms with Crippen molar-refractivity contribution >= 4 is 16.2 Å². The summed E-state index contributed by atoms with van der Waals surface area (Å²) in [5, 5.41) is 0. The summed E-state index contributed by atoms with van der Waals surface area (Å²) < 4.78 is 11.8. The Morgan fingerprint density at radius 2 is 1.42 bits per heavy atom. The molecule has 0 aromatic rings. The molecule has 0 amide bonds. The van der Waals surface area contributed by atoms with Gasteiger partial charge in [-0.05, 0) is 49.7 Å². The van der Waals surface area contributed by atoms with Crippen molar-refractivity contribution in [3.05, 3.63) is 0 Å². The van der Waals surface area contributed by atoms with E-state index < -0.39 is 8.32 Å². The average molecular weight is 356 g/mol. The van der Waals surface area contributed by atoms with Crippen molar-refractivity contribution in [1.29, 1.82) is 0 Å². The van der Waals surface area contributed by atoms with Crippen LogP contribution in [0.25, 0.3) is 0 Å². The molecular formula is C20H45BO2Si. The summed E-state index contributed by atoms with van der Waals surface area (Å²) in [7, 11) is 4.34. The molecule has 1 rings (SSSR count). The minimum atomic E-state index is -1.48. The third kappa shape index (κ3) is 22.2. The van der Waals surface area contributed by atoms with E-state index in [1.807, 2.05) is 0 Å². The van der Waals surface area contributed by atoms with Gasteiger partial charge in [0.2, 0.25) is 0 Å². The summed E-state index contributed by atoms with van der Waals surface area (Å²) in [5.74, 6) is 1.47. The van der Waals surface area contributed by atoms with Crippen molar-refractivity contribution in [2.45, 2.75) is 113 Å². The number of rotatable bonds is 4. The first-order valence-corrected chi connectivity index (χ1v) is 13.0. The van der Waals surface area contributed by atoms with Crippen LogP contribution >= 0.6 is 0 Å². The highest BCUT2D eigenvalue weighted by atomic mass is 28.4. The molecule has 0 aromatic carbocycles. The van der Waals surface area contributed by atoms with E-state index in [9.17, 15) is 0 Å². The molecule has 3 atom stereocenters. The summed E-state index contributed by atoms with van der Waals surface area (Å²) in [5.41, 5.74) is 0.500. The van der Waals surface area contributed by atoms with Gasteiger partial charge >= 0.3 is 0 Å². The van der Waals surface area contributed by atoms with Gasteiger partial charge in [0, 0.05) is 6.00 Å². The first-order valence-electron chi connectivity index (χ1n) is 9.60. The first-order chi connectivity index (χ1) is 10.5. The lowest BCUT2D eigenvalue weighted by Gasteiger charge is -2.27. The summed E-state index contributed by atoms with van der Waals surface area (Å²) in [6.45, 7) is 26.3. The second kappa shape index (κ2) is 11.7. The second-order valence-electron chi connectivity index (χ2n) is 10.6. The summed E-state index contributed by atoms with van der Waals surface area (Å²) in [6, 6.07) is -0.130. The van der Waals surface area contributed by atoms with Gasteiger partial charge in [-0.2, -0.15) is 0 Å². The van der Waals surface area contributed by atoms with Gasteiger partial charge in [-0.25, -0.2) is 0 Å². The van der Waals surface area contributed by atoms with E-state index in [1.165, 1.54) is 0 Å². The Kier molecular flexibility index (Phi) is 12.9. The molecule has 0 N–H and O–H groups in total. The zero-order chi connectivity index (χ0) is 19.7. The minimum absolute atomic E-state index is 0.130. The molecule has 144 valence electrons. The van der Waals surface area contributed by atoms with Crippen LogP contribution in [0.2, 0.25) is 19.6 Å². The predicted octanol–water partition coefficient (Wildman–Crippen LogP) is 6.25. The van der Waals surface area contributed by atoms with Crippen molar-refractivity contribution in [1.82, 2.24) is 0 Å². The minimum Gasteiger partial charge on any atom is -0.412 e. The van der Waals surface area contributed by atoms with E-state index in [1.54, 1.807) is 0 Å². The Hall–Kier alpha value is 0.202. The molecule has 0 aromatic heterocycles. The zero-order valence-corrected chi connectivity index (χ0v) is 19.7. The van der Waals surface area contributed by atoms with E-state index in [-0.39, 0.29) is 18.2 Å². The van der Waals surface area contributed by atoms with Crippen LogP contribution in [0.5, 0.6) is 0 Å². The zero-order valence-electron chi connectivity index (χ0n) is 18.7. The van der Waals surface area contributed by atoms with E-state index in [0.717, 1.165) is 18.8 Å². The molecule has 1 aliphatic rings. The van der Waals surface area contributed by atoms with Gasteiger partial charge in [0.1, 0.15) is 7.85 Å². The molecule has 3 unspecified atom stereocenters. The molecule has 24 heavy (non-hydrogen) atoms. The Balaban J connectivity index is 0. The fourth-order valence-electron chi connectivity index (χ4n) is 2.00. The van der Waals surface area contributed by atoms with Gasteiger partial charge in [-0.15, -0.1) is 0 Å². The van der Waals surface area contributed by atoms with Crippen molar-refractivity contribution in [2.75, 3.05) is 0 Å². The Bertz CT molecular complexity index is 297. The second-order valence-corrected chi connectivity index (χ2v) is 15.0. The Morgan fingerprint density at radius 3 is 1.71 bits per heavy atom. The summed E-state index contributed by atoms with van der Waals surface area (Å²) in [4.78, 5) is 0. The SMILES string of the molecule is CC(C)(C)C.CC(C)C.[B]C1CC(O[Si](C)(C)C)C(CC(C)C)O1. The standard InChI is InChI=1S/C11H23BO2Si.C5H12.C4H10/c1-8(2)6-9-10(7-11(12)13-9)14-15(3,4)5;1-5(2,3)4;1-4(2)3/h8-11H,6-7H2,1-5H3;1-4H3;4H,1-3H3. The molecule has 1 fully saturated rings. The average Bonchev–Trinajstić information content (AvgIpc) is 2.51. The smallest absolute Gasteiger partial charge is 0.184 e.